The van der Waals surface area contributed by atoms with E-state index in [1.54, 1.807) is 11.3 Å². The van der Waals surface area contributed by atoms with Gasteiger partial charge in [0.15, 0.2) is 0 Å². The molecule has 0 radical (unpaired) electrons. The monoisotopic (exact) mass is 269 g/mol. The molecular formula is C14H23NO2S. The van der Waals surface area contributed by atoms with E-state index in [1.165, 1.54) is 0 Å². The molecule has 102 valence electrons. The quantitative estimate of drug-likeness (QED) is 0.834. The third kappa shape index (κ3) is 3.82. The maximum Gasteiger partial charge on any atom is 0.231 e. The zero-order valence-electron chi connectivity index (χ0n) is 11.6. The molecule has 0 aliphatic carbocycles. The molecule has 0 aromatic carbocycles. The number of aliphatic hydroxyl groups excluding tert-OH is 1. The zero-order chi connectivity index (χ0) is 13.8. The Morgan fingerprint density at radius 3 is 2.61 bits per heavy atom. The molecule has 3 nitrogen and oxygen atoms in total. The average molecular weight is 269 g/mol. The number of hydrogen-bond donors (Lipinski definition) is 2. The molecule has 0 bridgehead atoms. The predicted molar refractivity (Wildman–Crippen MR) is 75.8 cm³/mol. The van der Waals surface area contributed by atoms with Gasteiger partial charge in [0.05, 0.1) is 18.1 Å². The lowest BCUT2D eigenvalue weighted by Crippen LogP contribution is -2.46. The van der Waals surface area contributed by atoms with Crippen LogP contribution < -0.4 is 5.32 Å². The topological polar surface area (TPSA) is 49.3 Å². The van der Waals surface area contributed by atoms with Gasteiger partial charge in [0.1, 0.15) is 0 Å². The number of nitrogens with one attached hydrogen (secondary N) is 1. The van der Waals surface area contributed by atoms with Crippen LogP contribution in [0.2, 0.25) is 0 Å². The lowest BCUT2D eigenvalue weighted by molar-refractivity contribution is -0.126. The molecule has 2 N–H and O–H groups in total. The summed E-state index contributed by atoms with van der Waals surface area (Å²) >= 11 is 1.58. The van der Waals surface area contributed by atoms with Crippen molar-refractivity contribution in [2.24, 2.45) is 5.92 Å². The highest BCUT2D eigenvalue weighted by atomic mass is 32.1. The molecule has 1 amide bonds. The number of hydrogen-bond acceptors (Lipinski definition) is 3. The Kier molecular flexibility index (Phi) is 5.35. The van der Waals surface area contributed by atoms with Gasteiger partial charge in [0, 0.05) is 4.88 Å². The van der Waals surface area contributed by atoms with Gasteiger partial charge in [-0.25, -0.2) is 0 Å². The molecule has 1 rings (SSSR count). The fourth-order valence-electron chi connectivity index (χ4n) is 1.86. The summed E-state index contributed by atoms with van der Waals surface area (Å²) in [5, 5.41) is 14.2. The number of aliphatic hydroxyl groups is 1. The third-order valence-corrected chi connectivity index (χ3v) is 4.21. The van der Waals surface area contributed by atoms with Gasteiger partial charge in [0.2, 0.25) is 5.91 Å². The van der Waals surface area contributed by atoms with E-state index >= 15 is 0 Å². The van der Waals surface area contributed by atoms with Crippen molar-refractivity contribution in [2.45, 2.75) is 45.6 Å². The van der Waals surface area contributed by atoms with Crippen molar-refractivity contribution in [3.8, 4) is 0 Å². The Labute approximate surface area is 113 Å². The van der Waals surface area contributed by atoms with E-state index in [1.807, 2.05) is 31.4 Å². The van der Waals surface area contributed by atoms with Gasteiger partial charge in [-0.3, -0.25) is 4.79 Å². The van der Waals surface area contributed by atoms with Gasteiger partial charge < -0.3 is 10.4 Å². The van der Waals surface area contributed by atoms with Crippen molar-refractivity contribution >= 4 is 17.2 Å². The summed E-state index contributed by atoms with van der Waals surface area (Å²) in [6.07, 6.45) is 0.794. The van der Waals surface area contributed by atoms with Crippen LogP contribution in [0, 0.1) is 5.92 Å². The van der Waals surface area contributed by atoms with Crippen molar-refractivity contribution in [3.05, 3.63) is 22.4 Å². The van der Waals surface area contributed by atoms with E-state index < -0.39 is 5.41 Å². The smallest absolute Gasteiger partial charge is 0.231 e. The second-order valence-electron chi connectivity index (χ2n) is 5.58. The Hall–Kier alpha value is -0.870. The summed E-state index contributed by atoms with van der Waals surface area (Å²) in [5.74, 6) is 0.428. The van der Waals surface area contributed by atoms with Crippen LogP contribution in [0.25, 0.3) is 0 Å². The van der Waals surface area contributed by atoms with Gasteiger partial charge in [-0.2, -0.15) is 0 Å². The summed E-state index contributed by atoms with van der Waals surface area (Å²) in [4.78, 5) is 13.3. The number of rotatable bonds is 6. The van der Waals surface area contributed by atoms with Gasteiger partial charge in [-0.05, 0) is 37.6 Å². The van der Waals surface area contributed by atoms with Crippen molar-refractivity contribution in [1.82, 2.24) is 5.32 Å². The molecule has 1 heterocycles. The minimum Gasteiger partial charge on any atom is -0.394 e. The first-order valence-corrected chi connectivity index (χ1v) is 7.21. The van der Waals surface area contributed by atoms with Crippen LogP contribution in [0.15, 0.2) is 17.5 Å². The summed E-state index contributed by atoms with van der Waals surface area (Å²) in [6.45, 7) is 7.98. The molecule has 1 atom stereocenters. The summed E-state index contributed by atoms with van der Waals surface area (Å²) in [6, 6.07) is 3.77. The normalized spacial score (nSPS) is 13.7. The zero-order valence-corrected chi connectivity index (χ0v) is 12.4. The molecule has 4 heteroatoms. The molecule has 0 saturated carbocycles. The average Bonchev–Trinajstić information content (AvgIpc) is 2.81. The minimum atomic E-state index is -0.543. The predicted octanol–water partition coefficient (Wildman–Crippen LogP) is 2.55. The van der Waals surface area contributed by atoms with Crippen molar-refractivity contribution in [3.63, 3.8) is 0 Å². The highest BCUT2D eigenvalue weighted by Gasteiger charge is 2.32. The highest BCUT2D eigenvalue weighted by Crippen LogP contribution is 2.27. The second kappa shape index (κ2) is 6.34. The highest BCUT2D eigenvalue weighted by molar-refractivity contribution is 7.10. The molecular weight excluding hydrogens is 246 g/mol. The molecule has 1 aromatic rings. The number of carbonyl (C=O) groups is 1. The van der Waals surface area contributed by atoms with E-state index in [-0.39, 0.29) is 18.6 Å². The van der Waals surface area contributed by atoms with Crippen LogP contribution in [0.3, 0.4) is 0 Å². The van der Waals surface area contributed by atoms with Crippen LogP contribution in [-0.4, -0.2) is 23.7 Å². The Morgan fingerprint density at radius 2 is 2.17 bits per heavy atom. The number of carbonyl (C=O) groups excluding carboxylic acids is 1. The van der Waals surface area contributed by atoms with Crippen LogP contribution in [0.5, 0.6) is 0 Å². The van der Waals surface area contributed by atoms with E-state index in [0.717, 1.165) is 11.3 Å². The van der Waals surface area contributed by atoms with Crippen molar-refractivity contribution in [2.75, 3.05) is 6.61 Å². The molecule has 18 heavy (non-hydrogen) atoms. The fraction of sp³-hybridized carbons (Fsp3) is 0.643. The maximum atomic E-state index is 12.3. The lowest BCUT2D eigenvalue weighted by Gasteiger charge is -2.26. The largest absolute Gasteiger partial charge is 0.394 e. The standard InChI is InChI=1S/C14H23NO2S/c1-10(2)8-11(9-16)15-13(17)14(3,4)12-6-5-7-18-12/h5-7,10-11,16H,8-9H2,1-4H3,(H,15,17). The van der Waals surface area contributed by atoms with Gasteiger partial charge in [0.25, 0.3) is 0 Å². The summed E-state index contributed by atoms with van der Waals surface area (Å²) in [7, 11) is 0. The fourth-order valence-corrected chi connectivity index (χ4v) is 2.71. The van der Waals surface area contributed by atoms with Crippen molar-refractivity contribution in [1.29, 1.82) is 0 Å². The van der Waals surface area contributed by atoms with Gasteiger partial charge in [-0.1, -0.05) is 19.9 Å². The molecule has 0 fully saturated rings. The Balaban J connectivity index is 2.69. The van der Waals surface area contributed by atoms with Crippen LogP contribution >= 0.6 is 11.3 Å². The number of thiophene rings is 1. The maximum absolute atomic E-state index is 12.3. The van der Waals surface area contributed by atoms with E-state index in [0.29, 0.717) is 5.92 Å². The Morgan fingerprint density at radius 1 is 1.50 bits per heavy atom. The molecule has 0 aliphatic heterocycles. The first-order valence-electron chi connectivity index (χ1n) is 6.33. The van der Waals surface area contributed by atoms with Crippen LogP contribution in [0.4, 0.5) is 0 Å². The number of amides is 1. The molecule has 0 aliphatic rings. The molecule has 0 saturated heterocycles. The first-order chi connectivity index (χ1) is 8.37. The molecule has 1 unspecified atom stereocenters. The SMILES string of the molecule is CC(C)CC(CO)NC(=O)C(C)(C)c1cccs1. The first kappa shape index (κ1) is 15.2. The molecule has 1 aromatic heterocycles. The van der Waals surface area contributed by atoms with E-state index in [2.05, 4.69) is 19.2 Å². The molecule has 0 spiro atoms. The second-order valence-corrected chi connectivity index (χ2v) is 6.53. The summed E-state index contributed by atoms with van der Waals surface area (Å²) in [5.41, 5.74) is -0.543. The van der Waals surface area contributed by atoms with Crippen LogP contribution in [0.1, 0.15) is 39.0 Å². The minimum absolute atomic E-state index is 0.00948. The van der Waals surface area contributed by atoms with Crippen molar-refractivity contribution < 1.29 is 9.90 Å². The third-order valence-electron chi connectivity index (χ3n) is 3.02. The van der Waals surface area contributed by atoms with Gasteiger partial charge >= 0.3 is 0 Å². The lowest BCUT2D eigenvalue weighted by atomic mass is 9.89. The summed E-state index contributed by atoms with van der Waals surface area (Å²) < 4.78 is 0. The van der Waals surface area contributed by atoms with Crippen LogP contribution in [-0.2, 0) is 10.2 Å². The van der Waals surface area contributed by atoms with Gasteiger partial charge in [-0.15, -0.1) is 11.3 Å². The van der Waals surface area contributed by atoms with E-state index in [4.69, 9.17) is 0 Å². The van der Waals surface area contributed by atoms with E-state index in [9.17, 15) is 9.90 Å². The Bertz CT molecular complexity index is 371.